The first kappa shape index (κ1) is 13.2. The molecule has 2 atom stereocenters. The minimum Gasteiger partial charge on any atom is -0.385 e. The van der Waals surface area contributed by atoms with E-state index in [-0.39, 0.29) is 0 Å². The van der Waals surface area contributed by atoms with Crippen LogP contribution in [0.15, 0.2) is 18.2 Å². The number of fused-ring (bicyclic) bond motifs is 1. The third-order valence-corrected chi connectivity index (χ3v) is 2.91. The number of aliphatic hydroxyl groups is 1. The van der Waals surface area contributed by atoms with E-state index < -0.39 is 12.3 Å². The Morgan fingerprint density at radius 2 is 1.94 bits per heavy atom. The summed E-state index contributed by atoms with van der Waals surface area (Å²) in [5, 5.41) is 9.50. The van der Waals surface area contributed by atoms with Crippen molar-refractivity contribution in [3.8, 4) is 0 Å². The van der Waals surface area contributed by atoms with Crippen molar-refractivity contribution < 1.29 is 9.50 Å². The molecule has 1 aromatic rings. The molecule has 1 aliphatic carbocycles. The molecule has 0 saturated carbocycles. The van der Waals surface area contributed by atoms with Crippen molar-refractivity contribution in [3.63, 3.8) is 0 Å². The summed E-state index contributed by atoms with van der Waals surface area (Å²) in [6, 6.07) is 5.85. The third-order valence-electron chi connectivity index (χ3n) is 2.91. The SMILES string of the molecule is CC.CC(C)c1ccc2c(c1)CC(F)C2O. The summed E-state index contributed by atoms with van der Waals surface area (Å²) in [7, 11) is 0. The number of alkyl halides is 1. The Labute approximate surface area is 97.3 Å². The lowest BCUT2D eigenvalue weighted by Gasteiger charge is -2.09. The maximum Gasteiger partial charge on any atom is 0.134 e. The van der Waals surface area contributed by atoms with E-state index in [0.29, 0.717) is 12.3 Å². The number of benzene rings is 1. The normalized spacial score (nSPS) is 22.7. The van der Waals surface area contributed by atoms with Gasteiger partial charge < -0.3 is 5.11 Å². The number of rotatable bonds is 1. The molecule has 1 aromatic carbocycles. The average molecular weight is 224 g/mol. The molecule has 2 rings (SSSR count). The molecule has 1 N–H and O–H groups in total. The minimum absolute atomic E-state index is 0.358. The van der Waals surface area contributed by atoms with E-state index >= 15 is 0 Å². The zero-order chi connectivity index (χ0) is 12.3. The largest absolute Gasteiger partial charge is 0.385 e. The Morgan fingerprint density at radius 1 is 1.31 bits per heavy atom. The fourth-order valence-electron chi connectivity index (χ4n) is 1.97. The average Bonchev–Trinajstić information content (AvgIpc) is 2.57. The molecule has 16 heavy (non-hydrogen) atoms. The lowest BCUT2D eigenvalue weighted by atomic mass is 9.98. The van der Waals surface area contributed by atoms with Crippen LogP contribution in [0.4, 0.5) is 4.39 Å². The van der Waals surface area contributed by atoms with Crippen LogP contribution in [-0.4, -0.2) is 11.3 Å². The fourth-order valence-corrected chi connectivity index (χ4v) is 1.97. The van der Waals surface area contributed by atoms with Crippen molar-refractivity contribution in [2.75, 3.05) is 0 Å². The molecular weight excluding hydrogens is 203 g/mol. The van der Waals surface area contributed by atoms with Gasteiger partial charge in [-0.15, -0.1) is 0 Å². The van der Waals surface area contributed by atoms with Gasteiger partial charge in [0, 0.05) is 6.42 Å². The summed E-state index contributed by atoms with van der Waals surface area (Å²) >= 11 is 0. The molecule has 1 nitrogen and oxygen atoms in total. The summed E-state index contributed by atoms with van der Waals surface area (Å²) in [6.45, 7) is 8.22. The van der Waals surface area contributed by atoms with Crippen molar-refractivity contribution in [1.82, 2.24) is 0 Å². The van der Waals surface area contributed by atoms with Crippen LogP contribution in [0, 0.1) is 0 Å². The Balaban J connectivity index is 0.000000606. The number of hydrogen-bond acceptors (Lipinski definition) is 1. The van der Waals surface area contributed by atoms with E-state index in [9.17, 15) is 9.50 Å². The first-order chi connectivity index (χ1) is 7.59. The van der Waals surface area contributed by atoms with Gasteiger partial charge in [0.2, 0.25) is 0 Å². The molecule has 0 aromatic heterocycles. The van der Waals surface area contributed by atoms with Crippen LogP contribution in [0.3, 0.4) is 0 Å². The summed E-state index contributed by atoms with van der Waals surface area (Å²) in [5.74, 6) is 0.455. The maximum atomic E-state index is 13.2. The van der Waals surface area contributed by atoms with Crippen molar-refractivity contribution in [1.29, 1.82) is 0 Å². The van der Waals surface area contributed by atoms with E-state index in [4.69, 9.17) is 0 Å². The van der Waals surface area contributed by atoms with Gasteiger partial charge in [-0.1, -0.05) is 45.9 Å². The van der Waals surface area contributed by atoms with E-state index in [1.54, 1.807) is 0 Å². The fraction of sp³-hybridized carbons (Fsp3) is 0.571. The summed E-state index contributed by atoms with van der Waals surface area (Å²) in [5.41, 5.74) is 2.95. The molecule has 0 aliphatic heterocycles. The maximum absolute atomic E-state index is 13.2. The van der Waals surface area contributed by atoms with E-state index in [0.717, 1.165) is 11.1 Å². The van der Waals surface area contributed by atoms with Crippen molar-refractivity contribution >= 4 is 0 Å². The molecule has 0 radical (unpaired) electrons. The van der Waals surface area contributed by atoms with Crippen LogP contribution < -0.4 is 0 Å². The number of aliphatic hydroxyl groups excluding tert-OH is 1. The van der Waals surface area contributed by atoms with Gasteiger partial charge in [0.25, 0.3) is 0 Å². The summed E-state index contributed by atoms with van der Waals surface area (Å²) < 4.78 is 13.2. The third kappa shape index (κ3) is 2.43. The van der Waals surface area contributed by atoms with Gasteiger partial charge in [-0.2, -0.15) is 0 Å². The second kappa shape index (κ2) is 5.44. The molecule has 0 bridgehead atoms. The molecule has 0 amide bonds. The van der Waals surface area contributed by atoms with Crippen LogP contribution in [0.1, 0.15) is 56.4 Å². The highest BCUT2D eigenvalue weighted by Crippen LogP contribution is 2.34. The van der Waals surface area contributed by atoms with Crippen molar-refractivity contribution in [3.05, 3.63) is 34.9 Å². The van der Waals surface area contributed by atoms with Crippen LogP contribution in [0.5, 0.6) is 0 Å². The highest BCUT2D eigenvalue weighted by atomic mass is 19.1. The molecule has 2 unspecified atom stereocenters. The highest BCUT2D eigenvalue weighted by molar-refractivity contribution is 5.39. The molecular formula is C14H21FO. The van der Waals surface area contributed by atoms with E-state index in [1.807, 2.05) is 32.0 Å². The Bertz CT molecular complexity index is 347. The van der Waals surface area contributed by atoms with Gasteiger partial charge in [0.15, 0.2) is 0 Å². The van der Waals surface area contributed by atoms with Gasteiger partial charge in [-0.3, -0.25) is 0 Å². The Hall–Kier alpha value is -0.890. The van der Waals surface area contributed by atoms with E-state index in [2.05, 4.69) is 13.8 Å². The molecule has 0 heterocycles. The summed E-state index contributed by atoms with van der Waals surface area (Å²) in [4.78, 5) is 0. The van der Waals surface area contributed by atoms with Crippen LogP contribution in [0.2, 0.25) is 0 Å². The van der Waals surface area contributed by atoms with E-state index in [1.165, 1.54) is 5.56 Å². The molecule has 0 saturated heterocycles. The minimum atomic E-state index is -1.12. The molecule has 2 heteroatoms. The van der Waals surface area contributed by atoms with Crippen LogP contribution in [0.25, 0.3) is 0 Å². The molecule has 0 fully saturated rings. The lowest BCUT2D eigenvalue weighted by molar-refractivity contribution is 0.0926. The van der Waals surface area contributed by atoms with Crippen molar-refractivity contribution in [2.24, 2.45) is 0 Å². The zero-order valence-electron chi connectivity index (χ0n) is 10.5. The second-order valence-corrected chi connectivity index (χ2v) is 4.28. The quantitative estimate of drug-likeness (QED) is 0.770. The zero-order valence-corrected chi connectivity index (χ0v) is 10.5. The highest BCUT2D eigenvalue weighted by Gasteiger charge is 2.30. The van der Waals surface area contributed by atoms with Gasteiger partial charge in [0.05, 0.1) is 0 Å². The van der Waals surface area contributed by atoms with Gasteiger partial charge in [-0.25, -0.2) is 4.39 Å². The first-order valence-electron chi connectivity index (χ1n) is 6.04. The lowest BCUT2D eigenvalue weighted by Crippen LogP contribution is -2.05. The number of halogens is 1. The Kier molecular flexibility index (Phi) is 4.48. The van der Waals surface area contributed by atoms with Crippen LogP contribution >= 0.6 is 0 Å². The predicted molar refractivity (Wildman–Crippen MR) is 65.4 cm³/mol. The Morgan fingerprint density at radius 3 is 2.50 bits per heavy atom. The van der Waals surface area contributed by atoms with Gasteiger partial charge >= 0.3 is 0 Å². The first-order valence-corrected chi connectivity index (χ1v) is 6.04. The topological polar surface area (TPSA) is 20.2 Å². The van der Waals surface area contributed by atoms with Gasteiger partial charge in [-0.05, 0) is 22.6 Å². The monoisotopic (exact) mass is 224 g/mol. The van der Waals surface area contributed by atoms with Crippen LogP contribution in [-0.2, 0) is 6.42 Å². The number of hydrogen-bond donors (Lipinski definition) is 1. The molecule has 1 aliphatic rings. The standard InChI is InChI=1S/C12H15FO.C2H6/c1-7(2)8-3-4-10-9(5-8)6-11(13)12(10)14;1-2/h3-5,7,11-12,14H,6H2,1-2H3;1-2H3. The molecule has 0 spiro atoms. The van der Waals surface area contributed by atoms with Gasteiger partial charge in [0.1, 0.15) is 12.3 Å². The smallest absolute Gasteiger partial charge is 0.134 e. The predicted octanol–water partition coefficient (Wildman–Crippen LogP) is 3.76. The van der Waals surface area contributed by atoms with Crippen molar-refractivity contribution in [2.45, 2.75) is 52.3 Å². The molecule has 90 valence electrons. The summed E-state index contributed by atoms with van der Waals surface area (Å²) in [6.07, 6.45) is -1.67. The second-order valence-electron chi connectivity index (χ2n) is 4.28.